The van der Waals surface area contributed by atoms with E-state index in [0.29, 0.717) is 23.6 Å². The van der Waals surface area contributed by atoms with Crippen molar-refractivity contribution in [3.8, 4) is 5.75 Å². The average molecular weight is 351 g/mol. The summed E-state index contributed by atoms with van der Waals surface area (Å²) in [6.07, 6.45) is 0.174. The van der Waals surface area contributed by atoms with Crippen molar-refractivity contribution < 1.29 is 19.1 Å². The van der Waals surface area contributed by atoms with Crippen LogP contribution in [0.25, 0.3) is 0 Å². The molecule has 0 spiro atoms. The van der Waals surface area contributed by atoms with Gasteiger partial charge < -0.3 is 14.8 Å². The van der Waals surface area contributed by atoms with E-state index in [2.05, 4.69) is 5.32 Å². The molecule has 3 rings (SSSR count). The normalized spacial score (nSPS) is 16.8. The SMILES string of the molecule is COC(=O)C1=C(C)NC(=O)CC1c1ccccc1OCc1ccccc1. The summed E-state index contributed by atoms with van der Waals surface area (Å²) in [5.74, 6) is -0.309. The minimum absolute atomic E-state index is 0.127. The summed E-state index contributed by atoms with van der Waals surface area (Å²) >= 11 is 0. The molecule has 134 valence electrons. The second kappa shape index (κ2) is 7.87. The molecular weight excluding hydrogens is 330 g/mol. The second-order valence-corrected chi connectivity index (χ2v) is 6.15. The first-order valence-corrected chi connectivity index (χ1v) is 8.44. The topological polar surface area (TPSA) is 64.6 Å². The molecule has 0 bridgehead atoms. The third-order valence-electron chi connectivity index (χ3n) is 4.41. The maximum atomic E-state index is 12.3. The smallest absolute Gasteiger partial charge is 0.336 e. The molecule has 0 radical (unpaired) electrons. The molecule has 1 heterocycles. The Morgan fingerprint density at radius 3 is 2.54 bits per heavy atom. The third-order valence-corrected chi connectivity index (χ3v) is 4.41. The first-order valence-electron chi connectivity index (χ1n) is 8.44. The van der Waals surface area contributed by atoms with E-state index in [4.69, 9.17) is 9.47 Å². The van der Waals surface area contributed by atoms with E-state index >= 15 is 0 Å². The van der Waals surface area contributed by atoms with Crippen LogP contribution in [0.15, 0.2) is 65.9 Å². The van der Waals surface area contributed by atoms with Gasteiger partial charge >= 0.3 is 5.97 Å². The van der Waals surface area contributed by atoms with Crippen LogP contribution in [0.3, 0.4) is 0 Å². The van der Waals surface area contributed by atoms with Gasteiger partial charge in [0, 0.05) is 23.6 Å². The number of para-hydroxylation sites is 1. The number of rotatable bonds is 5. The summed E-state index contributed by atoms with van der Waals surface area (Å²) in [4.78, 5) is 24.4. The highest BCUT2D eigenvalue weighted by molar-refractivity contribution is 5.95. The predicted octanol–water partition coefficient (Wildman–Crippen LogP) is 3.32. The highest BCUT2D eigenvalue weighted by atomic mass is 16.5. The number of hydrogen-bond donors (Lipinski definition) is 1. The summed E-state index contributed by atoms with van der Waals surface area (Å²) in [5, 5.41) is 2.72. The highest BCUT2D eigenvalue weighted by Gasteiger charge is 2.33. The van der Waals surface area contributed by atoms with Crippen molar-refractivity contribution in [1.29, 1.82) is 0 Å². The quantitative estimate of drug-likeness (QED) is 0.840. The van der Waals surface area contributed by atoms with Crippen LogP contribution < -0.4 is 10.1 Å². The number of hydrogen-bond acceptors (Lipinski definition) is 4. The molecule has 0 aliphatic carbocycles. The molecule has 1 aliphatic rings. The van der Waals surface area contributed by atoms with Crippen molar-refractivity contribution in [2.45, 2.75) is 25.9 Å². The summed E-state index contributed by atoms with van der Waals surface area (Å²) in [6.45, 7) is 2.12. The van der Waals surface area contributed by atoms with Crippen LogP contribution in [0, 0.1) is 0 Å². The van der Waals surface area contributed by atoms with Crippen LogP contribution in [0.1, 0.15) is 30.4 Å². The van der Waals surface area contributed by atoms with Crippen LogP contribution in [-0.4, -0.2) is 19.0 Å². The Morgan fingerprint density at radius 2 is 1.81 bits per heavy atom. The first-order chi connectivity index (χ1) is 12.6. The number of carbonyl (C=O) groups excluding carboxylic acids is 2. The third kappa shape index (κ3) is 3.77. The van der Waals surface area contributed by atoms with Gasteiger partial charge in [0.25, 0.3) is 0 Å². The van der Waals surface area contributed by atoms with E-state index in [1.54, 1.807) is 6.92 Å². The lowest BCUT2D eigenvalue weighted by atomic mass is 9.84. The first kappa shape index (κ1) is 17.7. The maximum absolute atomic E-state index is 12.3. The molecule has 1 aliphatic heterocycles. The molecule has 1 unspecified atom stereocenters. The minimum Gasteiger partial charge on any atom is -0.489 e. The van der Waals surface area contributed by atoms with Gasteiger partial charge in [-0.25, -0.2) is 4.79 Å². The van der Waals surface area contributed by atoms with Gasteiger partial charge in [-0.3, -0.25) is 4.79 Å². The fraction of sp³-hybridized carbons (Fsp3) is 0.238. The summed E-state index contributed by atoms with van der Waals surface area (Å²) in [7, 11) is 1.34. The highest BCUT2D eigenvalue weighted by Crippen LogP contribution is 2.38. The number of allylic oxidation sites excluding steroid dienone is 1. The lowest BCUT2D eigenvalue weighted by Gasteiger charge is -2.27. The van der Waals surface area contributed by atoms with Gasteiger partial charge in [-0.1, -0.05) is 48.5 Å². The zero-order valence-corrected chi connectivity index (χ0v) is 14.8. The van der Waals surface area contributed by atoms with Crippen LogP contribution >= 0.6 is 0 Å². The predicted molar refractivity (Wildman–Crippen MR) is 97.4 cm³/mol. The number of amides is 1. The molecule has 0 saturated carbocycles. The molecule has 1 atom stereocenters. The van der Waals surface area contributed by atoms with Gasteiger partial charge in [0.1, 0.15) is 12.4 Å². The monoisotopic (exact) mass is 351 g/mol. The largest absolute Gasteiger partial charge is 0.489 e. The number of esters is 1. The molecule has 0 saturated heterocycles. The van der Waals surface area contributed by atoms with Gasteiger partial charge in [0.15, 0.2) is 0 Å². The molecule has 2 aromatic rings. The molecule has 26 heavy (non-hydrogen) atoms. The average Bonchev–Trinajstić information content (AvgIpc) is 2.66. The van der Waals surface area contributed by atoms with E-state index in [-0.39, 0.29) is 12.3 Å². The van der Waals surface area contributed by atoms with E-state index in [0.717, 1.165) is 11.1 Å². The van der Waals surface area contributed by atoms with E-state index in [9.17, 15) is 9.59 Å². The van der Waals surface area contributed by atoms with E-state index in [1.807, 2.05) is 54.6 Å². The molecule has 0 fully saturated rings. The standard InChI is InChI=1S/C21H21NO4/c1-14-20(21(24)25-2)17(12-19(23)22-14)16-10-6-7-11-18(16)26-13-15-8-4-3-5-9-15/h3-11,17H,12-13H2,1-2H3,(H,22,23). The van der Waals surface area contributed by atoms with Gasteiger partial charge in [-0.15, -0.1) is 0 Å². The van der Waals surface area contributed by atoms with Crippen molar-refractivity contribution in [2.24, 2.45) is 0 Å². The van der Waals surface area contributed by atoms with Gasteiger partial charge in [-0.05, 0) is 18.6 Å². The maximum Gasteiger partial charge on any atom is 0.336 e. The van der Waals surface area contributed by atoms with E-state index < -0.39 is 11.9 Å². The van der Waals surface area contributed by atoms with Crippen LogP contribution in [0.4, 0.5) is 0 Å². The van der Waals surface area contributed by atoms with Crippen molar-refractivity contribution >= 4 is 11.9 Å². The van der Waals surface area contributed by atoms with Crippen molar-refractivity contribution in [1.82, 2.24) is 5.32 Å². The summed E-state index contributed by atoms with van der Waals surface area (Å²) < 4.78 is 10.9. The number of nitrogens with one attached hydrogen (secondary N) is 1. The molecular formula is C21H21NO4. The number of ether oxygens (including phenoxy) is 2. The zero-order valence-electron chi connectivity index (χ0n) is 14.8. The lowest BCUT2D eigenvalue weighted by molar-refractivity contribution is -0.136. The van der Waals surface area contributed by atoms with E-state index in [1.165, 1.54) is 7.11 Å². The summed E-state index contributed by atoms with van der Waals surface area (Å²) in [6, 6.07) is 17.3. The van der Waals surface area contributed by atoms with Gasteiger partial charge in [0.05, 0.1) is 12.7 Å². The van der Waals surface area contributed by atoms with Gasteiger partial charge in [0.2, 0.25) is 5.91 Å². The Labute approximate surface area is 152 Å². The fourth-order valence-corrected chi connectivity index (χ4v) is 3.18. The molecule has 5 nitrogen and oxygen atoms in total. The van der Waals surface area contributed by atoms with Crippen molar-refractivity contribution in [3.05, 3.63) is 77.0 Å². The Morgan fingerprint density at radius 1 is 1.12 bits per heavy atom. The van der Waals surface area contributed by atoms with Crippen LogP contribution in [0.2, 0.25) is 0 Å². The molecule has 5 heteroatoms. The molecule has 1 amide bonds. The number of methoxy groups -OCH3 is 1. The lowest BCUT2D eigenvalue weighted by Crippen LogP contribution is -2.34. The summed E-state index contributed by atoms with van der Waals surface area (Å²) in [5.41, 5.74) is 2.83. The fourth-order valence-electron chi connectivity index (χ4n) is 3.18. The Bertz CT molecular complexity index is 842. The molecule has 1 N–H and O–H groups in total. The Kier molecular flexibility index (Phi) is 5.37. The van der Waals surface area contributed by atoms with Gasteiger partial charge in [-0.2, -0.15) is 0 Å². The molecule has 2 aromatic carbocycles. The van der Waals surface area contributed by atoms with Crippen LogP contribution in [-0.2, 0) is 20.9 Å². The second-order valence-electron chi connectivity index (χ2n) is 6.15. The molecule has 0 aromatic heterocycles. The van der Waals surface area contributed by atoms with Crippen molar-refractivity contribution in [2.75, 3.05) is 7.11 Å². The number of benzene rings is 2. The Hall–Kier alpha value is -3.08. The minimum atomic E-state index is -0.439. The zero-order chi connectivity index (χ0) is 18.5. The number of carbonyl (C=O) groups is 2. The van der Waals surface area contributed by atoms with Crippen molar-refractivity contribution in [3.63, 3.8) is 0 Å². The van der Waals surface area contributed by atoms with Crippen LogP contribution in [0.5, 0.6) is 5.75 Å². The Balaban J connectivity index is 1.93.